The number of imide groups is 1. The van der Waals surface area contributed by atoms with E-state index in [1.807, 2.05) is 12.1 Å². The minimum atomic E-state index is -4.53. The molecule has 0 aliphatic carbocycles. The van der Waals surface area contributed by atoms with Gasteiger partial charge in [0.2, 0.25) is 53.0 Å². The number of amides is 10. The molecule has 9 rings (SSSR count). The van der Waals surface area contributed by atoms with Crippen molar-refractivity contribution in [2.75, 3.05) is 195 Å². The van der Waals surface area contributed by atoms with Gasteiger partial charge in [-0.1, -0.05) is 36.4 Å². The predicted molar refractivity (Wildman–Crippen MR) is 547 cm³/mol. The first kappa shape index (κ1) is 121. The second kappa shape index (κ2) is 63.6. The number of carbonyl (C=O) groups excluding carboxylic acids is 17. The smallest absolute Gasteiger partial charge is 0.407 e. The van der Waals surface area contributed by atoms with Gasteiger partial charge in [-0.25, -0.2) is 9.78 Å². The molecule has 820 valence electrons. The van der Waals surface area contributed by atoms with Crippen LogP contribution in [0.2, 0.25) is 0 Å². The van der Waals surface area contributed by atoms with E-state index in [0.29, 0.717) is 135 Å². The molecule has 0 saturated carbocycles. The second-order valence-corrected chi connectivity index (χ2v) is 38.9. The third kappa shape index (κ3) is 41.0. The zero-order valence-corrected chi connectivity index (χ0v) is 87.6. The lowest BCUT2D eigenvalue weighted by Crippen LogP contribution is -2.50. The number of anilines is 2. The maximum atomic E-state index is 14.2. The van der Waals surface area contributed by atoms with Crippen LogP contribution in [0.25, 0.3) is 22.0 Å². The highest BCUT2D eigenvalue weighted by Gasteiger charge is 2.46. The quantitative estimate of drug-likeness (QED) is 0.00766. The van der Waals surface area contributed by atoms with Crippen LogP contribution in [-0.4, -0.2) is 355 Å². The number of Topliss-reactive ketones (excluding diaryl/α,β-unsaturated/α-hetero) is 6. The highest BCUT2D eigenvalue weighted by molar-refractivity contribution is 8.00. The van der Waals surface area contributed by atoms with E-state index in [1.54, 1.807) is 106 Å². The Kier molecular flexibility index (Phi) is 51.3. The monoisotopic (exact) mass is 2130 g/mol. The maximum absolute atomic E-state index is 14.2. The molecule has 10 amide bonds. The summed E-state index contributed by atoms with van der Waals surface area (Å²) in [7, 11) is 0.443. The van der Waals surface area contributed by atoms with E-state index in [-0.39, 0.29) is 240 Å². The van der Waals surface area contributed by atoms with Crippen molar-refractivity contribution in [2.24, 2.45) is 20.0 Å². The van der Waals surface area contributed by atoms with Crippen molar-refractivity contribution < 1.29 is 151 Å². The standard InChI is InChI=1S/C103H139N13O32S2/c1-67-52-84-90(150(134,135)136)59-74-58-88(68(2)53-82(74)100(130)116(84)63-67)147-34-11-14-94(125)110-91-65-113(6)97(111-91)87(122)54-71-15-17-72(18-16-71)75-57-85(112(5)64-75)101(131)114-30-26-73-55-77(19-22-83(73)114)109-99(129)70(4)108-98(128)69(3)107-95(126)25-29-104-103(133)148-66-76(86(121)13-10-33-139-39-41-142-44-45-144-48-49-146-51-50-145-47-46-143-43-42-141-37-36-137-7)56-81(120)62-106-93(124)24-21-80(119)61-105-92(123)23-20-79(118)28-35-140-40-38-138-32-9-12-78(117)27-31-115-96(127)60-89(149-8)102(115)132/h15-19,22,26,30,53,55,57-58,64-65,69-70,76,84,89-90H,1,9-14,20-21,23-25,27-29,31-52,54,56,59-63,66H2,2-8H3,(H,104,133)(H,105,123)(H,106,124)(H,107,126)(H,108,128)(H,109,129)(H,110,125)(H,134,135,136)/t69-,70-,76?,84-,89?,90?/m0/s1. The zero-order chi connectivity index (χ0) is 109. The first-order chi connectivity index (χ1) is 72.0. The number of alkyl carbamates (subject to hydrolysis) is 1. The Morgan fingerprint density at radius 2 is 1.15 bits per heavy atom. The van der Waals surface area contributed by atoms with Crippen LogP contribution in [0.3, 0.4) is 0 Å². The number of likely N-dealkylation sites (tertiary alicyclic amines) is 1. The van der Waals surface area contributed by atoms with E-state index in [0.717, 1.165) is 16.0 Å². The van der Waals surface area contributed by atoms with E-state index >= 15 is 0 Å². The van der Waals surface area contributed by atoms with E-state index in [9.17, 15) is 94.5 Å². The van der Waals surface area contributed by atoms with Crippen LogP contribution in [0.4, 0.5) is 16.3 Å². The van der Waals surface area contributed by atoms with Crippen molar-refractivity contribution in [2.45, 2.75) is 165 Å². The minimum Gasteiger partial charge on any atom is -0.493 e. The van der Waals surface area contributed by atoms with E-state index in [4.69, 9.17) is 56.8 Å². The van der Waals surface area contributed by atoms with Gasteiger partial charge in [0.15, 0.2) is 23.2 Å². The molecule has 3 aromatic heterocycles. The Hall–Kier alpha value is -12.5. The van der Waals surface area contributed by atoms with E-state index in [1.165, 1.54) is 45.8 Å². The molecule has 0 bridgehead atoms. The SMILES string of the molecule is C=C1C[C@H]2C(S(=O)(=O)O)Cc3cc(OCCCC(=O)Nc4cn(C)c(C(=O)Cc5ccc(-c6cc(C(=O)n7ccc8cc(NC(=O)[C@H](C)NC(=O)[C@H](C)NC(=O)CCNC(=O)OCC(CC(=O)CNC(=O)CCC(=O)CNC(=O)CCC(=O)CCOCCOCCCC(=O)CCN9C(=O)CC(SC)C9=O)C(=O)CCCOCCOCCOCCOCCOCCOCCOCCOC)ccc87)n(C)c6)cc5)n4)c(C)cc3C(=O)N2C1. The average molecular weight is 2140 g/mol. The summed E-state index contributed by atoms with van der Waals surface area (Å²) in [5.41, 5.74) is 5.46. The van der Waals surface area contributed by atoms with Gasteiger partial charge in [-0.2, -0.15) is 20.2 Å². The number of hydrogen-bond donors (Lipinski definition) is 8. The number of hydrogen-bond acceptors (Lipinski definition) is 33. The fraction of sp³-hybridized carbons (Fsp3) is 0.553. The van der Waals surface area contributed by atoms with Gasteiger partial charge in [-0.3, -0.25) is 90.7 Å². The normalized spacial score (nSPS) is 15.0. The summed E-state index contributed by atoms with van der Waals surface area (Å²) in [6, 6.07) is 15.8. The number of methoxy groups -OCH3 is 1. The van der Waals surface area contributed by atoms with Crippen LogP contribution in [0.15, 0.2) is 97.5 Å². The van der Waals surface area contributed by atoms with Crippen molar-refractivity contribution in [1.82, 2.24) is 55.1 Å². The largest absolute Gasteiger partial charge is 0.493 e. The van der Waals surface area contributed by atoms with Crippen LogP contribution < -0.4 is 42.0 Å². The van der Waals surface area contributed by atoms with Crippen molar-refractivity contribution in [3.8, 4) is 16.9 Å². The molecule has 3 aliphatic heterocycles. The lowest BCUT2D eigenvalue weighted by Gasteiger charge is -2.26. The molecule has 8 N–H and O–H groups in total. The molecule has 0 spiro atoms. The Morgan fingerprint density at radius 1 is 0.560 bits per heavy atom. The number of carbonyl (C=O) groups is 17. The summed E-state index contributed by atoms with van der Waals surface area (Å²) in [6.07, 6.45) is 5.29. The number of rotatable bonds is 74. The molecule has 6 atom stereocenters. The molecule has 3 unspecified atom stereocenters. The van der Waals surface area contributed by atoms with Crippen LogP contribution in [-0.2, 0) is 151 Å². The van der Waals surface area contributed by atoms with Crippen molar-refractivity contribution >= 4 is 144 Å². The van der Waals surface area contributed by atoms with Crippen molar-refractivity contribution in [3.05, 3.63) is 131 Å². The van der Waals surface area contributed by atoms with Gasteiger partial charge in [0.25, 0.3) is 21.9 Å². The van der Waals surface area contributed by atoms with Crippen LogP contribution >= 0.6 is 11.8 Å². The Morgan fingerprint density at radius 3 is 1.77 bits per heavy atom. The average Bonchev–Trinajstić information content (AvgIpc) is 1.60. The number of ether oxygens (including phenoxy) is 12. The van der Waals surface area contributed by atoms with Gasteiger partial charge in [-0.15, -0.1) is 0 Å². The number of benzene rings is 3. The molecule has 2 saturated heterocycles. The molecule has 6 aromatic rings. The predicted octanol–water partition coefficient (Wildman–Crippen LogP) is 5.52. The van der Waals surface area contributed by atoms with Gasteiger partial charge in [0, 0.05) is 178 Å². The Bertz CT molecular complexity index is 5760. The Balaban J connectivity index is 0.641. The number of fused-ring (bicyclic) bond motifs is 3. The number of nitrogens with zero attached hydrogens (tertiary/aromatic N) is 6. The fourth-order valence-electron chi connectivity index (χ4n) is 16.3. The first-order valence-electron chi connectivity index (χ1n) is 50.0. The lowest BCUT2D eigenvalue weighted by atomic mass is 9.95. The van der Waals surface area contributed by atoms with E-state index in [2.05, 4.69) is 48.8 Å². The zero-order valence-electron chi connectivity index (χ0n) is 86.0. The van der Waals surface area contributed by atoms with Crippen LogP contribution in [0.5, 0.6) is 5.75 Å². The van der Waals surface area contributed by atoms with Gasteiger partial charge < -0.3 is 108 Å². The summed E-state index contributed by atoms with van der Waals surface area (Å²) in [5.74, 6) is -7.65. The fourth-order valence-corrected chi connectivity index (χ4v) is 17.9. The third-order valence-electron chi connectivity index (χ3n) is 24.5. The topological polar surface area (TPSA) is 574 Å². The molecule has 150 heavy (non-hydrogen) atoms. The summed E-state index contributed by atoms with van der Waals surface area (Å²) in [4.78, 5) is 229. The highest BCUT2D eigenvalue weighted by Crippen LogP contribution is 2.38. The van der Waals surface area contributed by atoms with Gasteiger partial charge in [0.1, 0.15) is 52.7 Å². The summed E-state index contributed by atoms with van der Waals surface area (Å²) in [6.45, 7) is 13.2. The summed E-state index contributed by atoms with van der Waals surface area (Å²) < 4.78 is 106. The molecule has 0 radical (unpaired) electrons. The Labute approximate surface area is 874 Å². The maximum Gasteiger partial charge on any atom is 0.407 e. The number of aromatic nitrogens is 4. The lowest BCUT2D eigenvalue weighted by molar-refractivity contribution is -0.139. The molecular weight excluding hydrogens is 2000 g/mol. The minimum absolute atomic E-state index is 0.0169. The number of nitrogens with one attached hydrogen (secondary N) is 7. The number of imidazole rings is 1. The van der Waals surface area contributed by atoms with Crippen LogP contribution in [0.1, 0.15) is 165 Å². The second-order valence-electron chi connectivity index (χ2n) is 36.2. The van der Waals surface area contributed by atoms with Crippen molar-refractivity contribution in [3.63, 3.8) is 0 Å². The molecule has 3 aliphatic rings. The van der Waals surface area contributed by atoms with Crippen LogP contribution in [0, 0.1) is 12.8 Å². The molecule has 47 heteroatoms. The highest BCUT2D eigenvalue weighted by atomic mass is 32.2. The summed E-state index contributed by atoms with van der Waals surface area (Å²) in [5, 5.41) is 16.8. The number of thioether (sulfide) groups is 1. The van der Waals surface area contributed by atoms with E-state index < -0.39 is 124 Å². The van der Waals surface area contributed by atoms with Gasteiger partial charge in [-0.05, 0) is 124 Å². The first-order valence-corrected chi connectivity index (χ1v) is 52.7. The summed E-state index contributed by atoms with van der Waals surface area (Å²) >= 11 is 1.31. The molecule has 3 aromatic carbocycles. The van der Waals surface area contributed by atoms with Gasteiger partial charge >= 0.3 is 6.09 Å². The molecular formula is C103H139N13O32S2. The number of aryl methyl sites for hydroxylation is 3. The molecule has 45 nitrogen and oxygen atoms in total. The van der Waals surface area contributed by atoms with Crippen molar-refractivity contribution in [1.29, 1.82) is 0 Å². The molecule has 6 heterocycles. The molecule has 2 fully saturated rings. The van der Waals surface area contributed by atoms with Gasteiger partial charge in [0.05, 0.1) is 155 Å². The third-order valence-corrected chi connectivity index (χ3v) is 26.7. The number of ketones is 6.